The van der Waals surface area contributed by atoms with Crippen molar-refractivity contribution in [2.45, 2.75) is 17.4 Å². The third kappa shape index (κ3) is 3.51. The first kappa shape index (κ1) is 16.3. The van der Waals surface area contributed by atoms with Gasteiger partial charge < -0.3 is 15.8 Å². The molecule has 1 unspecified atom stereocenters. The van der Waals surface area contributed by atoms with E-state index in [1.807, 2.05) is 0 Å². The third-order valence-corrected chi connectivity index (χ3v) is 5.02. The van der Waals surface area contributed by atoms with Gasteiger partial charge in [0.1, 0.15) is 11.9 Å². The molecule has 1 amide bonds. The smallest absolute Gasteiger partial charge is 0.248 e. The zero-order valence-electron chi connectivity index (χ0n) is 13.2. The maximum atomic E-state index is 11.5. The van der Waals surface area contributed by atoms with Crippen LogP contribution >= 0.6 is 0 Å². The van der Waals surface area contributed by atoms with Crippen molar-refractivity contribution in [2.24, 2.45) is 5.73 Å². The summed E-state index contributed by atoms with van der Waals surface area (Å²) in [6.07, 6.45) is 1.75. The molecule has 6 nitrogen and oxygen atoms in total. The maximum absolute atomic E-state index is 11.5. The van der Waals surface area contributed by atoms with Gasteiger partial charge in [-0.15, -0.1) is 0 Å². The highest BCUT2D eigenvalue weighted by Crippen LogP contribution is 2.30. The topological polar surface area (TPSA) is 98.5 Å². The van der Waals surface area contributed by atoms with Crippen molar-refractivity contribution in [3.8, 4) is 5.75 Å². The molecular formula is C17H18N2O4S. The second-order valence-electron chi connectivity index (χ2n) is 5.82. The number of benzene rings is 2. The summed E-state index contributed by atoms with van der Waals surface area (Å²) in [4.78, 5) is 11.5. The Morgan fingerprint density at radius 3 is 2.58 bits per heavy atom. The van der Waals surface area contributed by atoms with E-state index >= 15 is 0 Å². The van der Waals surface area contributed by atoms with Crippen LogP contribution in [0, 0.1) is 0 Å². The molecule has 1 heterocycles. The highest BCUT2D eigenvalue weighted by Gasteiger charge is 2.20. The first-order valence-electron chi connectivity index (χ1n) is 7.46. The number of hydrogen-bond acceptors (Lipinski definition) is 5. The van der Waals surface area contributed by atoms with Gasteiger partial charge in [0.25, 0.3) is 0 Å². The average Bonchev–Trinajstić information content (AvgIpc) is 2.54. The SMILES string of the molecule is CS(=O)(=O)c1ccc(CC2CNc3cc(C(N)=O)ccc3O2)cc1. The summed E-state index contributed by atoms with van der Waals surface area (Å²) < 4.78 is 28.9. The van der Waals surface area contributed by atoms with Gasteiger partial charge in [0.2, 0.25) is 5.91 Å². The normalized spacial score (nSPS) is 16.6. The summed E-state index contributed by atoms with van der Waals surface area (Å²) in [6.45, 7) is 0.586. The number of ether oxygens (including phenoxy) is 1. The van der Waals surface area contributed by atoms with E-state index in [1.54, 1.807) is 42.5 Å². The number of sulfone groups is 1. The summed E-state index contributed by atoms with van der Waals surface area (Å²) in [5.41, 5.74) is 7.44. The molecule has 1 aliphatic heterocycles. The lowest BCUT2D eigenvalue weighted by atomic mass is 10.1. The van der Waals surface area contributed by atoms with Crippen LogP contribution in [0.5, 0.6) is 5.75 Å². The monoisotopic (exact) mass is 346 g/mol. The van der Waals surface area contributed by atoms with Gasteiger partial charge in [-0.3, -0.25) is 4.79 Å². The molecule has 2 aromatic carbocycles. The molecule has 24 heavy (non-hydrogen) atoms. The quantitative estimate of drug-likeness (QED) is 0.876. The minimum Gasteiger partial charge on any atom is -0.486 e. The fourth-order valence-corrected chi connectivity index (χ4v) is 3.25. The van der Waals surface area contributed by atoms with Crippen molar-refractivity contribution in [3.63, 3.8) is 0 Å². The van der Waals surface area contributed by atoms with Crippen molar-refractivity contribution in [1.82, 2.24) is 0 Å². The summed E-state index contributed by atoms with van der Waals surface area (Å²) in [5, 5.41) is 3.24. The van der Waals surface area contributed by atoms with E-state index < -0.39 is 15.7 Å². The van der Waals surface area contributed by atoms with Crippen LogP contribution < -0.4 is 15.8 Å². The van der Waals surface area contributed by atoms with E-state index in [0.717, 1.165) is 11.3 Å². The molecule has 3 rings (SSSR count). The predicted octanol–water partition coefficient (Wildman–Crippen LogP) is 1.60. The summed E-state index contributed by atoms with van der Waals surface area (Å²) >= 11 is 0. The van der Waals surface area contributed by atoms with Gasteiger partial charge in [-0.2, -0.15) is 0 Å². The number of carbonyl (C=O) groups excluding carboxylic acids is 1. The Morgan fingerprint density at radius 1 is 1.25 bits per heavy atom. The molecule has 1 aliphatic rings. The third-order valence-electron chi connectivity index (χ3n) is 3.89. The van der Waals surface area contributed by atoms with E-state index in [4.69, 9.17) is 10.5 Å². The van der Waals surface area contributed by atoms with E-state index in [2.05, 4.69) is 5.32 Å². The Morgan fingerprint density at radius 2 is 1.96 bits per heavy atom. The van der Waals surface area contributed by atoms with Gasteiger partial charge in [0.05, 0.1) is 17.1 Å². The Hall–Kier alpha value is -2.54. The molecule has 3 N–H and O–H groups in total. The predicted molar refractivity (Wildman–Crippen MR) is 91.1 cm³/mol. The first-order valence-corrected chi connectivity index (χ1v) is 9.35. The highest BCUT2D eigenvalue weighted by molar-refractivity contribution is 7.90. The Labute approximate surface area is 140 Å². The Bertz CT molecular complexity index is 876. The summed E-state index contributed by atoms with van der Waals surface area (Å²) in [5.74, 6) is 0.191. The largest absolute Gasteiger partial charge is 0.486 e. The molecule has 126 valence electrons. The number of carbonyl (C=O) groups is 1. The second-order valence-corrected chi connectivity index (χ2v) is 7.83. The average molecular weight is 346 g/mol. The standard InChI is InChI=1S/C17H18N2O4S/c1-24(21,22)14-5-2-11(3-6-14)8-13-10-19-15-9-12(17(18)20)4-7-16(15)23-13/h2-7,9,13,19H,8,10H2,1H3,(H2,18,20). The van der Waals surface area contributed by atoms with Gasteiger partial charge in [-0.1, -0.05) is 12.1 Å². The Balaban J connectivity index is 1.71. The van der Waals surface area contributed by atoms with Crippen molar-refractivity contribution in [3.05, 3.63) is 53.6 Å². The van der Waals surface area contributed by atoms with Gasteiger partial charge in [-0.05, 0) is 35.9 Å². The molecule has 0 aliphatic carbocycles. The molecule has 0 saturated carbocycles. The van der Waals surface area contributed by atoms with E-state index in [0.29, 0.717) is 29.2 Å². The molecule has 0 fully saturated rings. The number of hydrogen-bond donors (Lipinski definition) is 2. The number of anilines is 1. The number of nitrogens with one attached hydrogen (secondary N) is 1. The van der Waals surface area contributed by atoms with Crippen molar-refractivity contribution in [1.29, 1.82) is 0 Å². The maximum Gasteiger partial charge on any atom is 0.248 e. The molecule has 7 heteroatoms. The molecule has 0 radical (unpaired) electrons. The van der Waals surface area contributed by atoms with Gasteiger partial charge >= 0.3 is 0 Å². The molecule has 0 aromatic heterocycles. The lowest BCUT2D eigenvalue weighted by molar-refractivity contribution is 0.1000. The van der Waals surface area contributed by atoms with E-state index in [1.165, 1.54) is 6.26 Å². The number of rotatable bonds is 4. The Kier molecular flexibility index (Phi) is 4.19. The fraction of sp³-hybridized carbons (Fsp3) is 0.235. The fourth-order valence-electron chi connectivity index (χ4n) is 2.62. The van der Waals surface area contributed by atoms with Crippen LogP contribution in [0.2, 0.25) is 0 Å². The molecule has 0 bridgehead atoms. The summed E-state index contributed by atoms with van der Waals surface area (Å²) in [7, 11) is -3.19. The molecule has 1 atom stereocenters. The van der Waals surface area contributed by atoms with Crippen LogP contribution in [-0.2, 0) is 16.3 Å². The molecule has 2 aromatic rings. The molecular weight excluding hydrogens is 328 g/mol. The highest BCUT2D eigenvalue weighted by atomic mass is 32.2. The second kappa shape index (κ2) is 6.16. The van der Waals surface area contributed by atoms with Crippen LogP contribution in [0.25, 0.3) is 0 Å². The van der Waals surface area contributed by atoms with Crippen molar-refractivity contribution < 1.29 is 17.9 Å². The van der Waals surface area contributed by atoms with E-state index in [-0.39, 0.29) is 6.10 Å². The zero-order valence-corrected chi connectivity index (χ0v) is 14.0. The number of primary amides is 1. The van der Waals surface area contributed by atoms with Gasteiger partial charge in [-0.25, -0.2) is 8.42 Å². The minimum atomic E-state index is -3.19. The van der Waals surface area contributed by atoms with Crippen LogP contribution in [0.4, 0.5) is 5.69 Å². The van der Waals surface area contributed by atoms with Gasteiger partial charge in [0.15, 0.2) is 9.84 Å². The van der Waals surface area contributed by atoms with Crippen LogP contribution in [-0.4, -0.2) is 33.2 Å². The zero-order chi connectivity index (χ0) is 17.3. The van der Waals surface area contributed by atoms with Crippen LogP contribution in [0.15, 0.2) is 47.4 Å². The number of fused-ring (bicyclic) bond motifs is 1. The van der Waals surface area contributed by atoms with Crippen molar-refractivity contribution in [2.75, 3.05) is 18.1 Å². The van der Waals surface area contributed by atoms with Crippen LogP contribution in [0.3, 0.4) is 0 Å². The lowest BCUT2D eigenvalue weighted by Crippen LogP contribution is -2.32. The first-order chi connectivity index (χ1) is 11.3. The minimum absolute atomic E-state index is 0.0824. The van der Waals surface area contributed by atoms with Crippen molar-refractivity contribution >= 4 is 21.4 Å². The van der Waals surface area contributed by atoms with Gasteiger partial charge in [0, 0.05) is 18.2 Å². The van der Waals surface area contributed by atoms with E-state index in [9.17, 15) is 13.2 Å². The lowest BCUT2D eigenvalue weighted by Gasteiger charge is -2.27. The molecule has 0 spiro atoms. The van der Waals surface area contributed by atoms with Crippen LogP contribution in [0.1, 0.15) is 15.9 Å². The number of amides is 1. The molecule has 0 saturated heterocycles. The number of nitrogens with two attached hydrogens (primary N) is 1. The summed E-state index contributed by atoms with van der Waals surface area (Å²) in [6, 6.07) is 11.8.